The Kier molecular flexibility index (Phi) is 6.16. The lowest BCUT2D eigenvalue weighted by molar-refractivity contribution is -0.140. The SMILES string of the molecule is CCN(CC)C(=O)CN(C)C(=O)COc1ccc2ccc(=O)oc2c1. The minimum atomic E-state index is -0.449. The van der Waals surface area contributed by atoms with Crippen LogP contribution in [0.3, 0.4) is 0 Å². The molecular weight excluding hydrogens is 324 g/mol. The highest BCUT2D eigenvalue weighted by atomic mass is 16.5. The number of fused-ring (bicyclic) bond motifs is 1. The molecule has 1 aromatic heterocycles. The van der Waals surface area contributed by atoms with Gasteiger partial charge in [-0.25, -0.2) is 4.79 Å². The Morgan fingerprint density at radius 3 is 2.44 bits per heavy atom. The van der Waals surface area contributed by atoms with Gasteiger partial charge in [0.25, 0.3) is 5.91 Å². The first-order valence-electron chi connectivity index (χ1n) is 8.13. The molecule has 7 heteroatoms. The van der Waals surface area contributed by atoms with Crippen molar-refractivity contribution >= 4 is 22.8 Å². The van der Waals surface area contributed by atoms with Gasteiger partial charge in [0.2, 0.25) is 5.91 Å². The van der Waals surface area contributed by atoms with Crippen LogP contribution in [0.25, 0.3) is 11.0 Å². The molecule has 1 aromatic carbocycles. The van der Waals surface area contributed by atoms with E-state index in [0.29, 0.717) is 24.4 Å². The number of likely N-dealkylation sites (N-methyl/N-ethyl adjacent to an activating group) is 2. The summed E-state index contributed by atoms with van der Waals surface area (Å²) in [7, 11) is 1.56. The second-order valence-corrected chi connectivity index (χ2v) is 5.56. The molecule has 2 rings (SSSR count). The van der Waals surface area contributed by atoms with Gasteiger partial charge in [0.15, 0.2) is 6.61 Å². The number of hydrogen-bond donors (Lipinski definition) is 0. The summed E-state index contributed by atoms with van der Waals surface area (Å²) in [5.74, 6) is 0.00196. The van der Waals surface area contributed by atoms with E-state index < -0.39 is 5.63 Å². The van der Waals surface area contributed by atoms with Crippen LogP contribution < -0.4 is 10.4 Å². The van der Waals surface area contributed by atoms with E-state index in [4.69, 9.17) is 9.15 Å². The maximum absolute atomic E-state index is 12.1. The molecule has 1 heterocycles. The maximum atomic E-state index is 12.1. The zero-order chi connectivity index (χ0) is 18.4. The van der Waals surface area contributed by atoms with Crippen LogP contribution in [0.15, 0.2) is 39.5 Å². The molecule has 0 spiro atoms. The summed E-state index contributed by atoms with van der Waals surface area (Å²) in [5.41, 5.74) is -0.0575. The second kappa shape index (κ2) is 8.32. The zero-order valence-corrected chi connectivity index (χ0v) is 14.7. The lowest BCUT2D eigenvalue weighted by Gasteiger charge is -2.23. The highest BCUT2D eigenvalue weighted by Crippen LogP contribution is 2.19. The number of carbonyl (C=O) groups excluding carboxylic acids is 2. The molecule has 0 fully saturated rings. The van der Waals surface area contributed by atoms with Crippen LogP contribution in [0, 0.1) is 0 Å². The lowest BCUT2D eigenvalue weighted by Crippen LogP contribution is -2.42. The van der Waals surface area contributed by atoms with E-state index in [0.717, 1.165) is 5.39 Å². The number of benzene rings is 1. The van der Waals surface area contributed by atoms with Crippen molar-refractivity contribution in [2.24, 2.45) is 0 Å². The van der Waals surface area contributed by atoms with E-state index >= 15 is 0 Å². The highest BCUT2D eigenvalue weighted by molar-refractivity contribution is 5.85. The van der Waals surface area contributed by atoms with E-state index in [1.165, 1.54) is 11.0 Å². The molecule has 0 aliphatic heterocycles. The second-order valence-electron chi connectivity index (χ2n) is 5.56. The van der Waals surface area contributed by atoms with Crippen LogP contribution in [0.5, 0.6) is 5.75 Å². The molecular formula is C18H22N2O5. The Bertz CT molecular complexity index is 810. The average molecular weight is 346 g/mol. The third kappa shape index (κ3) is 4.82. The van der Waals surface area contributed by atoms with Crippen molar-refractivity contribution in [1.29, 1.82) is 0 Å². The van der Waals surface area contributed by atoms with E-state index in [-0.39, 0.29) is 25.0 Å². The van der Waals surface area contributed by atoms with Crippen molar-refractivity contribution in [2.75, 3.05) is 33.3 Å². The van der Waals surface area contributed by atoms with Crippen LogP contribution >= 0.6 is 0 Å². The lowest BCUT2D eigenvalue weighted by atomic mass is 10.2. The number of carbonyl (C=O) groups is 2. The predicted octanol–water partition coefficient (Wildman–Crippen LogP) is 1.50. The third-order valence-electron chi connectivity index (χ3n) is 3.87. The van der Waals surface area contributed by atoms with Gasteiger partial charge < -0.3 is 19.0 Å². The zero-order valence-electron chi connectivity index (χ0n) is 14.7. The summed E-state index contributed by atoms with van der Waals surface area (Å²) in [4.78, 5) is 38.4. The van der Waals surface area contributed by atoms with Gasteiger partial charge in [0, 0.05) is 37.7 Å². The van der Waals surface area contributed by atoms with Crippen molar-refractivity contribution in [3.63, 3.8) is 0 Å². The van der Waals surface area contributed by atoms with Crippen LogP contribution in [0.1, 0.15) is 13.8 Å². The molecule has 0 unspecified atom stereocenters. The molecule has 0 radical (unpaired) electrons. The fourth-order valence-electron chi connectivity index (χ4n) is 2.35. The van der Waals surface area contributed by atoms with Gasteiger partial charge in [0.05, 0.1) is 6.54 Å². The number of ether oxygens (including phenoxy) is 1. The normalized spacial score (nSPS) is 10.5. The standard InChI is InChI=1S/C18H22N2O5/c1-4-20(5-2)16(21)11-19(3)17(22)12-24-14-8-6-13-7-9-18(23)25-15(13)10-14/h6-10H,4-5,11-12H2,1-3H3. The molecule has 0 saturated carbocycles. The Morgan fingerprint density at radius 1 is 1.08 bits per heavy atom. The quantitative estimate of drug-likeness (QED) is 0.710. The van der Waals surface area contributed by atoms with Gasteiger partial charge in [-0.3, -0.25) is 9.59 Å². The van der Waals surface area contributed by atoms with Gasteiger partial charge in [0.1, 0.15) is 11.3 Å². The van der Waals surface area contributed by atoms with Crippen molar-refractivity contribution in [1.82, 2.24) is 9.80 Å². The van der Waals surface area contributed by atoms with Crippen molar-refractivity contribution in [3.8, 4) is 5.75 Å². The summed E-state index contributed by atoms with van der Waals surface area (Å²) < 4.78 is 10.5. The molecule has 0 N–H and O–H groups in total. The van der Waals surface area contributed by atoms with Crippen molar-refractivity contribution < 1.29 is 18.7 Å². The fourth-order valence-corrected chi connectivity index (χ4v) is 2.35. The molecule has 0 aliphatic carbocycles. The molecule has 0 aliphatic rings. The smallest absolute Gasteiger partial charge is 0.336 e. The van der Waals surface area contributed by atoms with E-state index in [1.54, 1.807) is 36.2 Å². The fraction of sp³-hybridized carbons (Fsp3) is 0.389. The van der Waals surface area contributed by atoms with Gasteiger partial charge in [-0.05, 0) is 32.0 Å². The maximum Gasteiger partial charge on any atom is 0.336 e. The Hall–Kier alpha value is -2.83. The highest BCUT2D eigenvalue weighted by Gasteiger charge is 2.17. The summed E-state index contributed by atoms with van der Waals surface area (Å²) >= 11 is 0. The van der Waals surface area contributed by atoms with Gasteiger partial charge in [-0.15, -0.1) is 0 Å². The molecule has 0 atom stereocenters. The monoisotopic (exact) mass is 346 g/mol. The Morgan fingerprint density at radius 2 is 1.76 bits per heavy atom. The van der Waals surface area contributed by atoms with E-state index in [9.17, 15) is 14.4 Å². The molecule has 25 heavy (non-hydrogen) atoms. The summed E-state index contributed by atoms with van der Waals surface area (Å²) in [6.45, 7) is 4.81. The molecule has 0 saturated heterocycles. The third-order valence-corrected chi connectivity index (χ3v) is 3.87. The van der Waals surface area contributed by atoms with Gasteiger partial charge in [-0.1, -0.05) is 0 Å². The number of rotatable bonds is 7. The first-order valence-corrected chi connectivity index (χ1v) is 8.13. The van der Waals surface area contributed by atoms with E-state index in [1.807, 2.05) is 13.8 Å². The minimum Gasteiger partial charge on any atom is -0.484 e. The molecule has 134 valence electrons. The van der Waals surface area contributed by atoms with E-state index in [2.05, 4.69) is 0 Å². The first-order chi connectivity index (χ1) is 11.9. The number of nitrogens with zero attached hydrogens (tertiary/aromatic N) is 2. The van der Waals surface area contributed by atoms with Crippen LogP contribution in [0.2, 0.25) is 0 Å². The van der Waals surface area contributed by atoms with Crippen LogP contribution in [-0.4, -0.2) is 54.9 Å². The van der Waals surface area contributed by atoms with Crippen LogP contribution in [-0.2, 0) is 9.59 Å². The molecule has 7 nitrogen and oxygen atoms in total. The minimum absolute atomic E-state index is 0.0104. The molecule has 0 bridgehead atoms. The Balaban J connectivity index is 1.95. The molecule has 2 aromatic rings. The Labute approximate surface area is 145 Å². The average Bonchev–Trinajstić information content (AvgIpc) is 2.60. The molecule has 2 amide bonds. The number of amides is 2. The van der Waals surface area contributed by atoms with Gasteiger partial charge in [-0.2, -0.15) is 0 Å². The first kappa shape index (κ1) is 18.5. The summed E-state index contributed by atoms with van der Waals surface area (Å²) in [5, 5.41) is 0.764. The topological polar surface area (TPSA) is 80.1 Å². The summed E-state index contributed by atoms with van der Waals surface area (Å²) in [6, 6.07) is 7.99. The largest absolute Gasteiger partial charge is 0.484 e. The van der Waals surface area contributed by atoms with Gasteiger partial charge >= 0.3 is 5.63 Å². The van der Waals surface area contributed by atoms with Crippen molar-refractivity contribution in [3.05, 3.63) is 40.8 Å². The van der Waals surface area contributed by atoms with Crippen LogP contribution in [0.4, 0.5) is 0 Å². The number of hydrogen-bond acceptors (Lipinski definition) is 5. The summed E-state index contributed by atoms with van der Waals surface area (Å²) in [6.07, 6.45) is 0. The predicted molar refractivity (Wildman–Crippen MR) is 93.5 cm³/mol. The van der Waals surface area contributed by atoms with Crippen molar-refractivity contribution in [2.45, 2.75) is 13.8 Å².